The molecule has 0 aliphatic heterocycles. The fourth-order valence-corrected chi connectivity index (χ4v) is 0.979. The van der Waals surface area contributed by atoms with Gasteiger partial charge in [-0.2, -0.15) is 0 Å². The molecule has 1 rings (SSSR count). The number of rotatable bonds is 5. The zero-order valence-corrected chi connectivity index (χ0v) is 8.77. The van der Waals surface area contributed by atoms with E-state index >= 15 is 0 Å². The van der Waals surface area contributed by atoms with Crippen LogP contribution in [0.5, 0.6) is 0 Å². The Bertz CT molecular complexity index is 341. The monoisotopic (exact) mass is 210 g/mol. The highest BCUT2D eigenvalue weighted by molar-refractivity contribution is 5.85. The first kappa shape index (κ1) is 11.4. The lowest BCUT2D eigenvalue weighted by Crippen LogP contribution is -2.21. The maximum atomic E-state index is 10.6. The Morgan fingerprint density at radius 1 is 1.53 bits per heavy atom. The molecule has 0 atom stereocenters. The first-order valence-electron chi connectivity index (χ1n) is 4.53. The maximum Gasteiger partial charge on any atom is 0.354 e. The van der Waals surface area contributed by atoms with Crippen molar-refractivity contribution in [3.63, 3.8) is 0 Å². The zero-order valence-electron chi connectivity index (χ0n) is 8.77. The second kappa shape index (κ2) is 5.26. The molecule has 0 bridgehead atoms. The molecule has 6 heteroatoms. The number of hydrogen-bond acceptors (Lipinski definition) is 5. The van der Waals surface area contributed by atoms with Gasteiger partial charge in [0.05, 0.1) is 0 Å². The summed E-state index contributed by atoms with van der Waals surface area (Å²) in [5, 5.41) is 11.7. The Morgan fingerprint density at radius 2 is 2.27 bits per heavy atom. The summed E-state index contributed by atoms with van der Waals surface area (Å²) in [6.07, 6.45) is 1.24. The van der Waals surface area contributed by atoms with Gasteiger partial charge in [-0.25, -0.2) is 14.8 Å². The van der Waals surface area contributed by atoms with E-state index in [1.807, 2.05) is 19.0 Å². The van der Waals surface area contributed by atoms with Gasteiger partial charge in [-0.15, -0.1) is 0 Å². The number of carboxylic acids is 1. The van der Waals surface area contributed by atoms with Crippen LogP contribution in [0.4, 0.5) is 5.82 Å². The number of anilines is 1. The maximum absolute atomic E-state index is 10.6. The summed E-state index contributed by atoms with van der Waals surface area (Å²) >= 11 is 0. The van der Waals surface area contributed by atoms with Crippen molar-refractivity contribution in [3.05, 3.63) is 18.1 Å². The average Bonchev–Trinajstić information content (AvgIpc) is 2.17. The van der Waals surface area contributed by atoms with E-state index in [9.17, 15) is 4.79 Å². The third-order valence-corrected chi connectivity index (χ3v) is 1.75. The topological polar surface area (TPSA) is 78.4 Å². The minimum Gasteiger partial charge on any atom is -0.477 e. The predicted molar refractivity (Wildman–Crippen MR) is 56.0 cm³/mol. The van der Waals surface area contributed by atoms with Gasteiger partial charge in [-0.3, -0.25) is 0 Å². The summed E-state index contributed by atoms with van der Waals surface area (Å²) in [7, 11) is 3.93. The van der Waals surface area contributed by atoms with E-state index in [1.165, 1.54) is 12.4 Å². The normalized spacial score (nSPS) is 10.3. The van der Waals surface area contributed by atoms with E-state index in [2.05, 4.69) is 15.3 Å². The van der Waals surface area contributed by atoms with E-state index < -0.39 is 5.97 Å². The van der Waals surface area contributed by atoms with E-state index in [-0.39, 0.29) is 5.69 Å². The molecule has 82 valence electrons. The summed E-state index contributed by atoms with van der Waals surface area (Å²) in [6, 6.07) is 1.41. The van der Waals surface area contributed by atoms with Gasteiger partial charge in [-0.1, -0.05) is 0 Å². The Balaban J connectivity index is 2.54. The molecule has 0 fully saturated rings. The molecule has 0 radical (unpaired) electrons. The number of hydrogen-bond donors (Lipinski definition) is 2. The molecule has 0 amide bonds. The van der Waals surface area contributed by atoms with Crippen LogP contribution in [-0.4, -0.2) is 53.1 Å². The average molecular weight is 210 g/mol. The van der Waals surface area contributed by atoms with Crippen LogP contribution in [0.1, 0.15) is 10.5 Å². The quantitative estimate of drug-likeness (QED) is 0.720. The Hall–Kier alpha value is -1.69. The molecule has 0 aliphatic rings. The van der Waals surface area contributed by atoms with Crippen LogP contribution in [-0.2, 0) is 0 Å². The fraction of sp³-hybridized carbons (Fsp3) is 0.444. The molecule has 1 heterocycles. The molecule has 0 aliphatic carbocycles. The number of aromatic nitrogens is 2. The van der Waals surface area contributed by atoms with Crippen molar-refractivity contribution < 1.29 is 9.90 Å². The van der Waals surface area contributed by atoms with Crippen molar-refractivity contribution >= 4 is 11.8 Å². The van der Waals surface area contributed by atoms with E-state index in [1.54, 1.807) is 0 Å². The van der Waals surface area contributed by atoms with Crippen LogP contribution in [0, 0.1) is 0 Å². The largest absolute Gasteiger partial charge is 0.477 e. The molecule has 0 spiro atoms. The van der Waals surface area contributed by atoms with Crippen molar-refractivity contribution in [3.8, 4) is 0 Å². The number of nitrogens with one attached hydrogen (secondary N) is 1. The summed E-state index contributed by atoms with van der Waals surface area (Å²) in [6.45, 7) is 1.56. The van der Waals surface area contributed by atoms with Gasteiger partial charge < -0.3 is 15.3 Å². The van der Waals surface area contributed by atoms with Crippen molar-refractivity contribution in [2.45, 2.75) is 0 Å². The molecule has 0 saturated carbocycles. The summed E-state index contributed by atoms with van der Waals surface area (Å²) in [4.78, 5) is 20.2. The van der Waals surface area contributed by atoms with E-state index in [0.717, 1.165) is 6.54 Å². The second-order valence-electron chi connectivity index (χ2n) is 3.32. The van der Waals surface area contributed by atoms with E-state index in [4.69, 9.17) is 5.11 Å². The molecule has 1 aromatic rings. The highest BCUT2D eigenvalue weighted by Crippen LogP contribution is 2.02. The first-order chi connectivity index (χ1) is 7.09. The Labute approximate surface area is 88.0 Å². The molecule has 0 aromatic carbocycles. The smallest absolute Gasteiger partial charge is 0.354 e. The number of carboxylic acid groups (broad SMARTS) is 1. The van der Waals surface area contributed by atoms with Gasteiger partial charge in [-0.05, 0) is 14.1 Å². The molecule has 1 aromatic heterocycles. The fourth-order valence-electron chi connectivity index (χ4n) is 0.979. The molecule has 6 nitrogen and oxygen atoms in total. The van der Waals surface area contributed by atoms with Crippen LogP contribution in [0.3, 0.4) is 0 Å². The SMILES string of the molecule is CN(C)CCNc1cc(C(=O)O)ncn1. The number of carbonyl (C=O) groups is 1. The third kappa shape index (κ3) is 3.90. The molecule has 2 N–H and O–H groups in total. The van der Waals surface area contributed by atoms with Crippen LogP contribution in [0.2, 0.25) is 0 Å². The minimum absolute atomic E-state index is 0.00245. The standard InChI is InChI=1S/C9H14N4O2/c1-13(2)4-3-10-8-5-7(9(14)15)11-6-12-8/h5-6H,3-4H2,1-2H3,(H,14,15)(H,10,11,12). The van der Waals surface area contributed by atoms with Crippen molar-refractivity contribution in [2.24, 2.45) is 0 Å². The molecule has 0 saturated heterocycles. The lowest BCUT2D eigenvalue weighted by atomic mass is 10.4. The van der Waals surface area contributed by atoms with E-state index in [0.29, 0.717) is 12.4 Å². The summed E-state index contributed by atoms with van der Waals surface area (Å²) in [5.74, 6) is -0.516. The summed E-state index contributed by atoms with van der Waals surface area (Å²) in [5.41, 5.74) is -0.00245. The van der Waals surface area contributed by atoms with Gasteiger partial charge in [0.2, 0.25) is 0 Å². The Kier molecular flexibility index (Phi) is 3.99. The van der Waals surface area contributed by atoms with Gasteiger partial charge in [0.25, 0.3) is 0 Å². The van der Waals surface area contributed by atoms with Gasteiger partial charge in [0.1, 0.15) is 12.1 Å². The van der Waals surface area contributed by atoms with Gasteiger partial charge >= 0.3 is 5.97 Å². The highest BCUT2D eigenvalue weighted by atomic mass is 16.4. The minimum atomic E-state index is -1.05. The van der Waals surface area contributed by atoms with Crippen LogP contribution < -0.4 is 5.32 Å². The Morgan fingerprint density at radius 3 is 2.87 bits per heavy atom. The van der Waals surface area contributed by atoms with Crippen LogP contribution in [0.25, 0.3) is 0 Å². The predicted octanol–water partition coefficient (Wildman–Crippen LogP) is 0.148. The zero-order chi connectivity index (χ0) is 11.3. The lowest BCUT2D eigenvalue weighted by Gasteiger charge is -2.10. The molecular formula is C9H14N4O2. The summed E-state index contributed by atoms with van der Waals surface area (Å²) < 4.78 is 0. The van der Waals surface area contributed by atoms with Gasteiger partial charge in [0, 0.05) is 19.2 Å². The second-order valence-corrected chi connectivity index (χ2v) is 3.32. The van der Waals surface area contributed by atoms with Gasteiger partial charge in [0.15, 0.2) is 5.69 Å². The van der Waals surface area contributed by atoms with Crippen molar-refractivity contribution in [1.29, 1.82) is 0 Å². The number of aromatic carboxylic acids is 1. The number of nitrogens with zero attached hydrogens (tertiary/aromatic N) is 3. The molecular weight excluding hydrogens is 196 g/mol. The van der Waals surface area contributed by atoms with Crippen molar-refractivity contribution in [2.75, 3.05) is 32.5 Å². The lowest BCUT2D eigenvalue weighted by molar-refractivity contribution is 0.0690. The third-order valence-electron chi connectivity index (χ3n) is 1.75. The van der Waals surface area contributed by atoms with Crippen LogP contribution in [0.15, 0.2) is 12.4 Å². The van der Waals surface area contributed by atoms with Crippen LogP contribution >= 0.6 is 0 Å². The first-order valence-corrected chi connectivity index (χ1v) is 4.53. The molecule has 15 heavy (non-hydrogen) atoms. The number of likely N-dealkylation sites (N-methyl/N-ethyl adjacent to an activating group) is 1. The van der Waals surface area contributed by atoms with Crippen molar-refractivity contribution in [1.82, 2.24) is 14.9 Å². The highest BCUT2D eigenvalue weighted by Gasteiger charge is 2.05. The molecule has 0 unspecified atom stereocenters.